The largest absolute Gasteiger partial charge is 0.337 e. The Bertz CT molecular complexity index is 1280. The number of fused-ring (bicyclic) bond motifs is 3. The fourth-order valence-corrected chi connectivity index (χ4v) is 5.37. The third-order valence-corrected chi connectivity index (χ3v) is 6.97. The van der Waals surface area contributed by atoms with E-state index in [1.165, 1.54) is 5.56 Å². The molecule has 0 unspecified atom stereocenters. The standard InChI is InChI=1S/C25H23N3O2S/c29-22(12-11-18-7-3-1-4-8-18)27-14-13-20-21(16-27)31-24-23(20)25(30)28(17-26-24)15-19-9-5-2-6-10-19/h1-10,17H,11-16H2. The molecule has 6 heteroatoms. The summed E-state index contributed by atoms with van der Waals surface area (Å²) in [5.74, 6) is 0.168. The van der Waals surface area contributed by atoms with Crippen LogP contribution in [0.5, 0.6) is 0 Å². The van der Waals surface area contributed by atoms with Crippen molar-refractivity contribution in [3.63, 3.8) is 0 Å². The molecule has 2 aromatic carbocycles. The van der Waals surface area contributed by atoms with Crippen LogP contribution in [0.15, 0.2) is 71.8 Å². The highest BCUT2D eigenvalue weighted by molar-refractivity contribution is 7.18. The lowest BCUT2D eigenvalue weighted by Gasteiger charge is -2.27. The van der Waals surface area contributed by atoms with Crippen molar-refractivity contribution < 1.29 is 4.79 Å². The first-order chi connectivity index (χ1) is 15.2. The van der Waals surface area contributed by atoms with Crippen LogP contribution in [0, 0.1) is 0 Å². The van der Waals surface area contributed by atoms with Crippen molar-refractivity contribution in [2.75, 3.05) is 6.54 Å². The first kappa shape index (κ1) is 19.7. The number of aryl methyl sites for hydroxylation is 1. The van der Waals surface area contributed by atoms with Gasteiger partial charge in [0, 0.05) is 17.8 Å². The van der Waals surface area contributed by atoms with Gasteiger partial charge in [-0.25, -0.2) is 4.98 Å². The van der Waals surface area contributed by atoms with Gasteiger partial charge in [-0.3, -0.25) is 14.2 Å². The second-order valence-electron chi connectivity index (χ2n) is 7.90. The van der Waals surface area contributed by atoms with Gasteiger partial charge in [0.2, 0.25) is 5.91 Å². The number of hydrogen-bond acceptors (Lipinski definition) is 4. The summed E-state index contributed by atoms with van der Waals surface area (Å²) >= 11 is 1.55. The highest BCUT2D eigenvalue weighted by Crippen LogP contribution is 2.32. The molecule has 0 bridgehead atoms. The summed E-state index contributed by atoms with van der Waals surface area (Å²) in [5, 5.41) is 0.731. The first-order valence-electron chi connectivity index (χ1n) is 10.5. The van der Waals surface area contributed by atoms with E-state index in [0.29, 0.717) is 32.5 Å². The van der Waals surface area contributed by atoms with Crippen molar-refractivity contribution in [1.29, 1.82) is 0 Å². The van der Waals surface area contributed by atoms with E-state index in [0.717, 1.165) is 32.6 Å². The summed E-state index contributed by atoms with van der Waals surface area (Å²) in [6, 6.07) is 20.0. The quantitative estimate of drug-likeness (QED) is 0.481. The molecule has 156 valence electrons. The Balaban J connectivity index is 1.35. The number of aromatic nitrogens is 2. The molecule has 3 heterocycles. The van der Waals surface area contributed by atoms with Gasteiger partial charge in [-0.05, 0) is 29.5 Å². The highest BCUT2D eigenvalue weighted by Gasteiger charge is 2.26. The summed E-state index contributed by atoms with van der Waals surface area (Å²) in [5.41, 5.74) is 3.34. The van der Waals surface area contributed by atoms with Gasteiger partial charge in [0.05, 0.1) is 24.8 Å². The van der Waals surface area contributed by atoms with Crippen LogP contribution in [0.4, 0.5) is 0 Å². The minimum Gasteiger partial charge on any atom is -0.337 e. The molecule has 5 nitrogen and oxygen atoms in total. The maximum Gasteiger partial charge on any atom is 0.262 e. The lowest BCUT2D eigenvalue weighted by molar-refractivity contribution is -0.132. The maximum atomic E-state index is 13.2. The fraction of sp³-hybridized carbons (Fsp3) is 0.240. The van der Waals surface area contributed by atoms with Crippen LogP contribution < -0.4 is 5.56 Å². The fourth-order valence-electron chi connectivity index (χ4n) is 4.18. The summed E-state index contributed by atoms with van der Waals surface area (Å²) in [6.45, 7) is 1.74. The number of amides is 1. The third-order valence-electron chi connectivity index (χ3n) is 5.85. The minimum absolute atomic E-state index is 0.00945. The zero-order chi connectivity index (χ0) is 21.2. The topological polar surface area (TPSA) is 55.2 Å². The number of hydrogen-bond donors (Lipinski definition) is 0. The number of thiophene rings is 1. The third kappa shape index (κ3) is 4.03. The molecule has 0 saturated carbocycles. The Morgan fingerprint density at radius 2 is 1.71 bits per heavy atom. The first-order valence-corrected chi connectivity index (χ1v) is 11.4. The molecule has 2 aromatic heterocycles. The van der Waals surface area contributed by atoms with Crippen LogP contribution in [0.25, 0.3) is 10.2 Å². The van der Waals surface area contributed by atoms with Crippen LogP contribution in [0.1, 0.15) is 28.0 Å². The van der Waals surface area contributed by atoms with Crippen LogP contribution in [0.2, 0.25) is 0 Å². The normalized spacial score (nSPS) is 13.4. The van der Waals surface area contributed by atoms with Gasteiger partial charge in [-0.1, -0.05) is 60.7 Å². The van der Waals surface area contributed by atoms with Gasteiger partial charge < -0.3 is 4.90 Å². The molecule has 31 heavy (non-hydrogen) atoms. The number of benzene rings is 2. The van der Waals surface area contributed by atoms with Crippen molar-refractivity contribution in [3.8, 4) is 0 Å². The number of carbonyl (C=O) groups excluding carboxylic acids is 1. The molecule has 0 atom stereocenters. The van der Waals surface area contributed by atoms with Crippen LogP contribution in [0.3, 0.4) is 0 Å². The average Bonchev–Trinajstić information content (AvgIpc) is 3.19. The van der Waals surface area contributed by atoms with Gasteiger partial charge in [0.15, 0.2) is 0 Å². The Labute approximate surface area is 184 Å². The van der Waals surface area contributed by atoms with Crippen LogP contribution >= 0.6 is 11.3 Å². The van der Waals surface area contributed by atoms with E-state index in [4.69, 9.17) is 0 Å². The summed E-state index contributed by atoms with van der Waals surface area (Å²) in [6.07, 6.45) is 3.61. The molecule has 0 radical (unpaired) electrons. The molecular weight excluding hydrogens is 406 g/mol. The highest BCUT2D eigenvalue weighted by atomic mass is 32.1. The van der Waals surface area contributed by atoms with Gasteiger partial charge in [0.25, 0.3) is 5.56 Å². The monoisotopic (exact) mass is 429 g/mol. The summed E-state index contributed by atoms with van der Waals surface area (Å²) in [4.78, 5) is 34.3. The average molecular weight is 430 g/mol. The van der Waals surface area contributed by atoms with E-state index < -0.39 is 0 Å². The van der Waals surface area contributed by atoms with E-state index in [-0.39, 0.29) is 11.5 Å². The smallest absolute Gasteiger partial charge is 0.262 e. The zero-order valence-electron chi connectivity index (χ0n) is 17.2. The summed E-state index contributed by atoms with van der Waals surface area (Å²) in [7, 11) is 0. The molecule has 1 aliphatic heterocycles. The van der Waals surface area contributed by atoms with Gasteiger partial charge in [0.1, 0.15) is 4.83 Å². The predicted octanol–water partition coefficient (Wildman–Crippen LogP) is 4.02. The Hall–Kier alpha value is -3.25. The van der Waals surface area contributed by atoms with Crippen molar-refractivity contribution in [3.05, 3.63) is 98.9 Å². The van der Waals surface area contributed by atoms with E-state index in [1.807, 2.05) is 53.4 Å². The van der Waals surface area contributed by atoms with Gasteiger partial charge in [-0.15, -0.1) is 11.3 Å². The second kappa shape index (κ2) is 8.47. The maximum absolute atomic E-state index is 13.2. The van der Waals surface area contributed by atoms with E-state index >= 15 is 0 Å². The molecule has 0 N–H and O–H groups in total. The lowest BCUT2D eigenvalue weighted by atomic mass is 10.0. The van der Waals surface area contributed by atoms with Crippen molar-refractivity contribution in [1.82, 2.24) is 14.5 Å². The Kier molecular flexibility index (Phi) is 5.38. The van der Waals surface area contributed by atoms with E-state index in [9.17, 15) is 9.59 Å². The minimum atomic E-state index is 0.00945. The molecule has 0 spiro atoms. The van der Waals surface area contributed by atoms with Gasteiger partial charge in [-0.2, -0.15) is 0 Å². The van der Waals surface area contributed by atoms with Crippen molar-refractivity contribution in [2.24, 2.45) is 0 Å². The number of rotatable bonds is 5. The summed E-state index contributed by atoms with van der Waals surface area (Å²) < 4.78 is 1.68. The van der Waals surface area contributed by atoms with Crippen molar-refractivity contribution >= 4 is 27.5 Å². The Morgan fingerprint density at radius 3 is 2.45 bits per heavy atom. The SMILES string of the molecule is O=C(CCc1ccccc1)N1CCc2c(sc3ncn(Cc4ccccc4)c(=O)c23)C1. The molecule has 0 aliphatic carbocycles. The number of carbonyl (C=O) groups is 1. The Morgan fingerprint density at radius 1 is 1.00 bits per heavy atom. The molecule has 0 fully saturated rings. The molecule has 4 aromatic rings. The molecule has 0 saturated heterocycles. The second-order valence-corrected chi connectivity index (χ2v) is 8.98. The lowest BCUT2D eigenvalue weighted by Crippen LogP contribution is -2.35. The molecule has 5 rings (SSSR count). The molecule has 1 aliphatic rings. The van der Waals surface area contributed by atoms with E-state index in [1.54, 1.807) is 22.2 Å². The number of nitrogens with zero attached hydrogens (tertiary/aromatic N) is 3. The van der Waals surface area contributed by atoms with E-state index in [2.05, 4.69) is 17.1 Å². The van der Waals surface area contributed by atoms with Crippen LogP contribution in [-0.4, -0.2) is 26.9 Å². The molecule has 1 amide bonds. The van der Waals surface area contributed by atoms with Crippen molar-refractivity contribution in [2.45, 2.75) is 32.4 Å². The predicted molar refractivity (Wildman–Crippen MR) is 123 cm³/mol. The molecular formula is C25H23N3O2S. The zero-order valence-corrected chi connectivity index (χ0v) is 18.0. The van der Waals surface area contributed by atoms with Crippen LogP contribution in [-0.2, 0) is 30.7 Å². The van der Waals surface area contributed by atoms with Gasteiger partial charge >= 0.3 is 0 Å².